The van der Waals surface area contributed by atoms with E-state index in [0.717, 1.165) is 35.4 Å². The SMILES string of the molecule is CCCn1c(C(O)c2ccccc2)nc2ccccc21. The Morgan fingerprint density at radius 2 is 1.75 bits per heavy atom. The minimum absolute atomic E-state index is 0.685. The van der Waals surface area contributed by atoms with Crippen LogP contribution in [0.15, 0.2) is 54.6 Å². The normalized spacial score (nSPS) is 12.7. The fraction of sp³-hybridized carbons (Fsp3) is 0.235. The fourth-order valence-corrected chi connectivity index (χ4v) is 2.55. The van der Waals surface area contributed by atoms with Gasteiger partial charge in [-0.15, -0.1) is 0 Å². The van der Waals surface area contributed by atoms with Gasteiger partial charge in [0.2, 0.25) is 0 Å². The van der Waals surface area contributed by atoms with E-state index in [9.17, 15) is 5.11 Å². The molecule has 1 heterocycles. The standard InChI is InChI=1S/C17H18N2O/c1-2-12-19-15-11-7-6-10-14(15)18-17(19)16(20)13-8-4-3-5-9-13/h3-11,16,20H,2,12H2,1H3. The number of aliphatic hydroxyl groups excluding tert-OH is 1. The maximum absolute atomic E-state index is 10.6. The topological polar surface area (TPSA) is 38.0 Å². The van der Waals surface area contributed by atoms with E-state index >= 15 is 0 Å². The molecular formula is C17H18N2O. The highest BCUT2D eigenvalue weighted by Crippen LogP contribution is 2.25. The van der Waals surface area contributed by atoms with Gasteiger partial charge in [0, 0.05) is 6.54 Å². The molecule has 1 unspecified atom stereocenters. The summed E-state index contributed by atoms with van der Waals surface area (Å²) in [5.41, 5.74) is 2.89. The van der Waals surface area contributed by atoms with Gasteiger partial charge in [0.25, 0.3) is 0 Å². The summed E-state index contributed by atoms with van der Waals surface area (Å²) in [5.74, 6) is 0.722. The number of para-hydroxylation sites is 2. The number of rotatable bonds is 4. The lowest BCUT2D eigenvalue weighted by atomic mass is 10.1. The van der Waals surface area contributed by atoms with Crippen LogP contribution < -0.4 is 0 Å². The highest BCUT2D eigenvalue weighted by atomic mass is 16.3. The van der Waals surface area contributed by atoms with E-state index in [1.807, 2.05) is 48.5 Å². The van der Waals surface area contributed by atoms with Crippen LogP contribution in [0.1, 0.15) is 30.8 Å². The molecule has 102 valence electrons. The zero-order valence-corrected chi connectivity index (χ0v) is 11.5. The van der Waals surface area contributed by atoms with E-state index in [0.29, 0.717) is 0 Å². The number of benzene rings is 2. The number of aliphatic hydroxyl groups is 1. The third-order valence-electron chi connectivity index (χ3n) is 3.49. The summed E-state index contributed by atoms with van der Waals surface area (Å²) in [6.45, 7) is 2.99. The Balaban J connectivity index is 2.12. The van der Waals surface area contributed by atoms with Gasteiger partial charge >= 0.3 is 0 Å². The quantitative estimate of drug-likeness (QED) is 0.784. The molecule has 3 heteroatoms. The molecule has 0 saturated carbocycles. The Morgan fingerprint density at radius 3 is 2.50 bits per heavy atom. The number of imidazole rings is 1. The Hall–Kier alpha value is -2.13. The summed E-state index contributed by atoms with van der Waals surface area (Å²) >= 11 is 0. The monoisotopic (exact) mass is 266 g/mol. The van der Waals surface area contributed by atoms with Gasteiger partial charge < -0.3 is 9.67 Å². The number of nitrogens with zero attached hydrogens (tertiary/aromatic N) is 2. The first-order valence-electron chi connectivity index (χ1n) is 6.99. The summed E-state index contributed by atoms with van der Waals surface area (Å²) in [7, 11) is 0. The lowest BCUT2D eigenvalue weighted by Gasteiger charge is -2.13. The van der Waals surface area contributed by atoms with Crippen molar-refractivity contribution in [2.24, 2.45) is 0 Å². The largest absolute Gasteiger partial charge is 0.380 e. The van der Waals surface area contributed by atoms with Crippen molar-refractivity contribution in [2.75, 3.05) is 0 Å². The number of hydrogen-bond acceptors (Lipinski definition) is 2. The average Bonchev–Trinajstić information content (AvgIpc) is 2.87. The predicted octanol–water partition coefficient (Wildman–Crippen LogP) is 3.53. The van der Waals surface area contributed by atoms with Crippen molar-refractivity contribution in [3.8, 4) is 0 Å². The maximum Gasteiger partial charge on any atom is 0.143 e. The molecule has 2 aromatic carbocycles. The Labute approximate surface area is 118 Å². The third kappa shape index (κ3) is 2.21. The molecule has 0 aliphatic rings. The number of fused-ring (bicyclic) bond motifs is 1. The smallest absolute Gasteiger partial charge is 0.143 e. The van der Waals surface area contributed by atoms with E-state index in [4.69, 9.17) is 0 Å². The first-order valence-corrected chi connectivity index (χ1v) is 6.99. The summed E-state index contributed by atoms with van der Waals surface area (Å²) in [6, 6.07) is 17.7. The van der Waals surface area contributed by atoms with E-state index in [-0.39, 0.29) is 0 Å². The van der Waals surface area contributed by atoms with Gasteiger partial charge in [-0.05, 0) is 24.1 Å². The molecule has 1 atom stereocenters. The Kier molecular flexibility index (Phi) is 3.52. The second-order valence-electron chi connectivity index (χ2n) is 4.92. The van der Waals surface area contributed by atoms with Crippen molar-refractivity contribution < 1.29 is 5.11 Å². The second kappa shape index (κ2) is 5.47. The molecule has 0 amide bonds. The fourth-order valence-electron chi connectivity index (χ4n) is 2.55. The van der Waals surface area contributed by atoms with Gasteiger partial charge in [-0.2, -0.15) is 0 Å². The molecule has 3 nitrogen and oxygen atoms in total. The Bertz CT molecular complexity index is 703. The van der Waals surface area contributed by atoms with Crippen molar-refractivity contribution in [3.05, 3.63) is 66.0 Å². The van der Waals surface area contributed by atoms with Gasteiger partial charge in [-0.25, -0.2) is 4.98 Å². The first kappa shape index (κ1) is 12.9. The molecule has 1 N–H and O–H groups in total. The van der Waals surface area contributed by atoms with Crippen LogP contribution in [0.3, 0.4) is 0 Å². The van der Waals surface area contributed by atoms with Crippen LogP contribution in [0.25, 0.3) is 11.0 Å². The summed E-state index contributed by atoms with van der Waals surface area (Å²) in [6.07, 6.45) is 0.324. The van der Waals surface area contributed by atoms with Crippen molar-refractivity contribution in [3.63, 3.8) is 0 Å². The Morgan fingerprint density at radius 1 is 1.05 bits per heavy atom. The molecular weight excluding hydrogens is 248 g/mol. The maximum atomic E-state index is 10.6. The zero-order chi connectivity index (χ0) is 13.9. The molecule has 20 heavy (non-hydrogen) atoms. The van der Waals surface area contributed by atoms with E-state index in [1.165, 1.54) is 0 Å². The van der Waals surface area contributed by atoms with Crippen molar-refractivity contribution in [1.29, 1.82) is 0 Å². The minimum Gasteiger partial charge on any atom is -0.380 e. The zero-order valence-electron chi connectivity index (χ0n) is 11.5. The molecule has 1 aromatic heterocycles. The molecule has 3 aromatic rings. The molecule has 0 spiro atoms. The lowest BCUT2D eigenvalue weighted by molar-refractivity contribution is 0.205. The van der Waals surface area contributed by atoms with Crippen LogP contribution in [0.4, 0.5) is 0 Å². The molecule has 0 saturated heterocycles. The highest BCUT2D eigenvalue weighted by molar-refractivity contribution is 5.76. The number of aryl methyl sites for hydroxylation is 1. The van der Waals surface area contributed by atoms with Crippen LogP contribution in [0, 0.1) is 0 Å². The van der Waals surface area contributed by atoms with Crippen LogP contribution >= 0.6 is 0 Å². The molecule has 0 aliphatic carbocycles. The first-order chi connectivity index (χ1) is 9.81. The third-order valence-corrected chi connectivity index (χ3v) is 3.49. The van der Waals surface area contributed by atoms with Crippen molar-refractivity contribution in [1.82, 2.24) is 9.55 Å². The van der Waals surface area contributed by atoms with E-state index in [1.54, 1.807) is 0 Å². The van der Waals surface area contributed by atoms with Gasteiger partial charge in [0.05, 0.1) is 11.0 Å². The van der Waals surface area contributed by atoms with Crippen LogP contribution in [-0.4, -0.2) is 14.7 Å². The van der Waals surface area contributed by atoms with E-state index < -0.39 is 6.10 Å². The molecule has 0 radical (unpaired) electrons. The lowest BCUT2D eigenvalue weighted by Crippen LogP contribution is -2.10. The van der Waals surface area contributed by atoms with Gasteiger partial charge in [-0.1, -0.05) is 49.4 Å². The van der Waals surface area contributed by atoms with Crippen LogP contribution in [0.2, 0.25) is 0 Å². The van der Waals surface area contributed by atoms with Gasteiger partial charge in [-0.3, -0.25) is 0 Å². The average molecular weight is 266 g/mol. The van der Waals surface area contributed by atoms with Gasteiger partial charge in [0.15, 0.2) is 0 Å². The molecule has 0 bridgehead atoms. The predicted molar refractivity (Wildman–Crippen MR) is 80.5 cm³/mol. The van der Waals surface area contributed by atoms with Crippen LogP contribution in [0.5, 0.6) is 0 Å². The molecule has 0 fully saturated rings. The summed E-state index contributed by atoms with van der Waals surface area (Å²) in [4.78, 5) is 4.62. The molecule has 0 aliphatic heterocycles. The highest BCUT2D eigenvalue weighted by Gasteiger charge is 2.18. The van der Waals surface area contributed by atoms with E-state index in [2.05, 4.69) is 22.5 Å². The van der Waals surface area contributed by atoms with Crippen molar-refractivity contribution in [2.45, 2.75) is 26.0 Å². The molecule has 3 rings (SSSR count). The number of aromatic nitrogens is 2. The van der Waals surface area contributed by atoms with Crippen molar-refractivity contribution >= 4 is 11.0 Å². The number of hydrogen-bond donors (Lipinski definition) is 1. The van der Waals surface area contributed by atoms with Gasteiger partial charge in [0.1, 0.15) is 11.9 Å². The summed E-state index contributed by atoms with van der Waals surface area (Å²) in [5, 5.41) is 10.6. The second-order valence-corrected chi connectivity index (χ2v) is 4.92. The summed E-state index contributed by atoms with van der Waals surface area (Å²) < 4.78 is 2.12. The van der Waals surface area contributed by atoms with Crippen LogP contribution in [-0.2, 0) is 6.54 Å². The minimum atomic E-state index is -0.685.